The van der Waals surface area contributed by atoms with Crippen LogP contribution in [0, 0.1) is 12.8 Å². The van der Waals surface area contributed by atoms with Crippen molar-refractivity contribution in [2.24, 2.45) is 5.92 Å². The zero-order valence-electron chi connectivity index (χ0n) is 16.6. The van der Waals surface area contributed by atoms with Gasteiger partial charge in [-0.05, 0) is 35.6 Å². The highest BCUT2D eigenvalue weighted by Gasteiger charge is 2.27. The molecular formula is C23H28N2O3. The first-order chi connectivity index (χ1) is 13.6. The van der Waals surface area contributed by atoms with Crippen LogP contribution >= 0.6 is 0 Å². The average molecular weight is 380 g/mol. The number of hydrogen-bond acceptors (Lipinski definition) is 3. The molecule has 0 aliphatic carbocycles. The maximum absolute atomic E-state index is 12.5. The lowest BCUT2D eigenvalue weighted by Gasteiger charge is -2.23. The molecule has 1 unspecified atom stereocenters. The quantitative estimate of drug-likeness (QED) is 0.838. The fraction of sp³-hybridized carbons (Fsp3) is 0.391. The molecule has 1 aliphatic rings. The third kappa shape index (κ3) is 4.98. The van der Waals surface area contributed by atoms with Crippen LogP contribution in [0.5, 0.6) is 0 Å². The molecule has 5 nitrogen and oxygen atoms in total. The summed E-state index contributed by atoms with van der Waals surface area (Å²) < 4.78 is 5.01. The highest BCUT2D eigenvalue weighted by atomic mass is 16.5. The number of methoxy groups -OCH3 is 1. The third-order valence-electron chi connectivity index (χ3n) is 5.23. The van der Waals surface area contributed by atoms with E-state index in [-0.39, 0.29) is 17.7 Å². The molecule has 0 radical (unpaired) electrons. The minimum absolute atomic E-state index is 0.0170. The van der Waals surface area contributed by atoms with E-state index in [1.165, 1.54) is 11.1 Å². The van der Waals surface area contributed by atoms with Crippen molar-refractivity contribution in [3.63, 3.8) is 0 Å². The van der Waals surface area contributed by atoms with Crippen molar-refractivity contribution in [3.8, 4) is 11.1 Å². The van der Waals surface area contributed by atoms with E-state index in [4.69, 9.17) is 4.74 Å². The van der Waals surface area contributed by atoms with Crippen LogP contribution in [-0.2, 0) is 20.7 Å². The second kappa shape index (κ2) is 9.51. The molecule has 1 atom stereocenters. The molecule has 5 heteroatoms. The minimum atomic E-state index is -0.249. The van der Waals surface area contributed by atoms with E-state index in [9.17, 15) is 9.59 Å². The molecule has 1 aliphatic heterocycles. The van der Waals surface area contributed by atoms with Gasteiger partial charge in [0.25, 0.3) is 0 Å². The molecule has 28 heavy (non-hydrogen) atoms. The van der Waals surface area contributed by atoms with Crippen LogP contribution in [0.25, 0.3) is 11.1 Å². The second-order valence-electron chi connectivity index (χ2n) is 7.29. The van der Waals surface area contributed by atoms with Gasteiger partial charge in [-0.25, -0.2) is 0 Å². The number of rotatable bonds is 6. The van der Waals surface area contributed by atoms with E-state index < -0.39 is 0 Å². The van der Waals surface area contributed by atoms with Crippen molar-refractivity contribution >= 4 is 11.8 Å². The van der Waals surface area contributed by atoms with Crippen LogP contribution < -0.4 is 5.32 Å². The standard InChI is InChI=1S/C23H28N2O3/c1-17-6-3-4-9-21(17)19-8-5-7-18(14-19)15-20-16-25(12-11-24-23(20)27)22(26)10-13-28-2/h3-9,14,20H,10-13,15-16H2,1-2H3,(H,24,27). The second-order valence-corrected chi connectivity index (χ2v) is 7.29. The third-order valence-corrected chi connectivity index (χ3v) is 5.23. The SMILES string of the molecule is COCCC(=O)N1CCNC(=O)C(Cc2cccc(-c3ccccc3C)c2)C1. The summed E-state index contributed by atoms with van der Waals surface area (Å²) in [4.78, 5) is 26.7. The first-order valence-electron chi connectivity index (χ1n) is 9.78. The largest absolute Gasteiger partial charge is 0.384 e. The first-order valence-corrected chi connectivity index (χ1v) is 9.78. The van der Waals surface area contributed by atoms with E-state index in [1.54, 1.807) is 12.0 Å². The number of carbonyl (C=O) groups excluding carboxylic acids is 2. The van der Waals surface area contributed by atoms with Crippen molar-refractivity contribution < 1.29 is 14.3 Å². The highest BCUT2D eigenvalue weighted by Crippen LogP contribution is 2.25. The average Bonchev–Trinajstić information content (AvgIpc) is 2.88. The van der Waals surface area contributed by atoms with Gasteiger partial charge in [-0.1, -0.05) is 48.5 Å². The topological polar surface area (TPSA) is 58.6 Å². The van der Waals surface area contributed by atoms with Gasteiger partial charge in [-0.3, -0.25) is 9.59 Å². The Morgan fingerprint density at radius 1 is 1.21 bits per heavy atom. The number of nitrogens with one attached hydrogen (secondary N) is 1. The Morgan fingerprint density at radius 3 is 2.82 bits per heavy atom. The van der Waals surface area contributed by atoms with Gasteiger partial charge in [0.15, 0.2) is 0 Å². The van der Waals surface area contributed by atoms with Crippen molar-refractivity contribution in [2.45, 2.75) is 19.8 Å². The van der Waals surface area contributed by atoms with Gasteiger partial charge >= 0.3 is 0 Å². The molecule has 0 saturated carbocycles. The summed E-state index contributed by atoms with van der Waals surface area (Å²) in [6.45, 7) is 4.00. The van der Waals surface area contributed by atoms with Gasteiger partial charge < -0.3 is 15.0 Å². The van der Waals surface area contributed by atoms with Gasteiger partial charge in [0.1, 0.15) is 0 Å². The molecule has 2 amide bonds. The van der Waals surface area contributed by atoms with Gasteiger partial charge in [0, 0.05) is 26.7 Å². The molecule has 0 spiro atoms. The molecule has 0 bridgehead atoms. The number of aryl methyl sites for hydroxylation is 1. The Kier molecular flexibility index (Phi) is 6.82. The molecular weight excluding hydrogens is 352 g/mol. The van der Waals surface area contributed by atoms with Crippen LogP contribution in [0.2, 0.25) is 0 Å². The molecule has 2 aromatic rings. The number of ether oxygens (including phenoxy) is 1. The fourth-order valence-corrected chi connectivity index (χ4v) is 3.68. The fourth-order valence-electron chi connectivity index (χ4n) is 3.68. The predicted molar refractivity (Wildman–Crippen MR) is 110 cm³/mol. The van der Waals surface area contributed by atoms with Crippen LogP contribution in [0.1, 0.15) is 17.5 Å². The Labute approximate surface area is 166 Å². The lowest BCUT2D eigenvalue weighted by atomic mass is 9.94. The maximum atomic E-state index is 12.5. The Hall–Kier alpha value is -2.66. The van der Waals surface area contributed by atoms with Gasteiger partial charge in [-0.15, -0.1) is 0 Å². The Morgan fingerprint density at radius 2 is 2.04 bits per heavy atom. The lowest BCUT2D eigenvalue weighted by Crippen LogP contribution is -2.37. The summed E-state index contributed by atoms with van der Waals surface area (Å²) in [5, 5.41) is 2.95. The predicted octanol–water partition coefficient (Wildman–Crippen LogP) is 2.82. The zero-order valence-corrected chi connectivity index (χ0v) is 16.6. The summed E-state index contributed by atoms with van der Waals surface area (Å²) in [5.74, 6) is -0.193. The summed E-state index contributed by atoms with van der Waals surface area (Å²) in [6.07, 6.45) is 0.958. The number of hydrogen-bond donors (Lipinski definition) is 1. The zero-order chi connectivity index (χ0) is 19.9. The van der Waals surface area contributed by atoms with Gasteiger partial charge in [0.2, 0.25) is 11.8 Å². The Balaban J connectivity index is 1.75. The molecule has 1 heterocycles. The molecule has 1 saturated heterocycles. The molecule has 0 aromatic heterocycles. The smallest absolute Gasteiger partial charge is 0.225 e. The van der Waals surface area contributed by atoms with Crippen molar-refractivity contribution in [2.75, 3.05) is 33.4 Å². The lowest BCUT2D eigenvalue weighted by molar-refractivity contribution is -0.132. The molecule has 3 rings (SSSR count). The van der Waals surface area contributed by atoms with E-state index in [0.717, 1.165) is 11.1 Å². The summed E-state index contributed by atoms with van der Waals surface area (Å²) in [7, 11) is 1.59. The van der Waals surface area contributed by atoms with E-state index >= 15 is 0 Å². The number of amides is 2. The molecule has 148 valence electrons. The van der Waals surface area contributed by atoms with Crippen LogP contribution in [0.4, 0.5) is 0 Å². The van der Waals surface area contributed by atoms with E-state index in [0.29, 0.717) is 39.1 Å². The minimum Gasteiger partial charge on any atom is -0.384 e. The number of carbonyl (C=O) groups is 2. The normalized spacial score (nSPS) is 17.1. The van der Waals surface area contributed by atoms with Crippen LogP contribution in [-0.4, -0.2) is 50.1 Å². The van der Waals surface area contributed by atoms with Crippen molar-refractivity contribution in [1.29, 1.82) is 0 Å². The molecule has 2 aromatic carbocycles. The number of benzene rings is 2. The van der Waals surface area contributed by atoms with Gasteiger partial charge in [-0.2, -0.15) is 0 Å². The van der Waals surface area contributed by atoms with Crippen LogP contribution in [0.3, 0.4) is 0 Å². The van der Waals surface area contributed by atoms with E-state index in [2.05, 4.69) is 42.6 Å². The van der Waals surface area contributed by atoms with Crippen molar-refractivity contribution in [1.82, 2.24) is 10.2 Å². The van der Waals surface area contributed by atoms with Crippen molar-refractivity contribution in [3.05, 3.63) is 59.7 Å². The highest BCUT2D eigenvalue weighted by molar-refractivity contribution is 5.82. The summed E-state index contributed by atoms with van der Waals surface area (Å²) in [5.41, 5.74) is 4.68. The Bertz CT molecular complexity index is 834. The number of nitrogens with zero attached hydrogens (tertiary/aromatic N) is 1. The summed E-state index contributed by atoms with van der Waals surface area (Å²) in [6, 6.07) is 16.6. The van der Waals surface area contributed by atoms with E-state index in [1.807, 2.05) is 18.2 Å². The van der Waals surface area contributed by atoms with Gasteiger partial charge in [0.05, 0.1) is 18.9 Å². The monoisotopic (exact) mass is 380 g/mol. The maximum Gasteiger partial charge on any atom is 0.225 e. The first kappa shape index (κ1) is 20.1. The molecule has 1 fully saturated rings. The summed E-state index contributed by atoms with van der Waals surface area (Å²) >= 11 is 0. The van der Waals surface area contributed by atoms with Crippen LogP contribution in [0.15, 0.2) is 48.5 Å². The molecule has 1 N–H and O–H groups in total.